The molecule has 1 aromatic carbocycles. The normalized spacial score (nSPS) is 19.7. The van der Waals surface area contributed by atoms with Gasteiger partial charge in [-0.15, -0.1) is 0 Å². The number of rotatable bonds is 6. The van der Waals surface area contributed by atoms with Gasteiger partial charge in [0.05, 0.1) is 6.61 Å². The van der Waals surface area contributed by atoms with E-state index in [0.717, 1.165) is 36.5 Å². The molecule has 1 N–H and O–H groups in total. The van der Waals surface area contributed by atoms with Crippen LogP contribution in [0.25, 0.3) is 0 Å². The van der Waals surface area contributed by atoms with Crippen LogP contribution >= 0.6 is 15.9 Å². The summed E-state index contributed by atoms with van der Waals surface area (Å²) in [7, 11) is 0. The van der Waals surface area contributed by atoms with Crippen LogP contribution in [0.1, 0.15) is 12.8 Å². The summed E-state index contributed by atoms with van der Waals surface area (Å²) in [5.74, 6) is 1.58. The summed E-state index contributed by atoms with van der Waals surface area (Å²) >= 11 is 3.43. The van der Waals surface area contributed by atoms with E-state index in [1.54, 1.807) is 0 Å². The van der Waals surface area contributed by atoms with Gasteiger partial charge in [-0.25, -0.2) is 0 Å². The third-order valence-corrected chi connectivity index (χ3v) is 3.52. The number of benzene rings is 1. The van der Waals surface area contributed by atoms with Crippen LogP contribution in [0.4, 0.5) is 0 Å². The summed E-state index contributed by atoms with van der Waals surface area (Å²) in [6.45, 7) is 4.44. The SMILES string of the molecule is Brc1cccc(OCCNCC2CCCOC2)c1. The lowest BCUT2D eigenvalue weighted by molar-refractivity contribution is 0.0546. The summed E-state index contributed by atoms with van der Waals surface area (Å²) in [4.78, 5) is 0. The topological polar surface area (TPSA) is 30.5 Å². The molecule has 0 radical (unpaired) electrons. The van der Waals surface area contributed by atoms with Crippen molar-refractivity contribution in [2.45, 2.75) is 12.8 Å². The Bertz CT molecular complexity index is 353. The molecule has 0 aliphatic carbocycles. The maximum Gasteiger partial charge on any atom is 0.120 e. The molecule has 2 rings (SSSR count). The average molecular weight is 314 g/mol. The molecule has 1 unspecified atom stereocenters. The quantitative estimate of drug-likeness (QED) is 0.819. The first-order valence-electron chi connectivity index (χ1n) is 6.51. The molecule has 1 heterocycles. The van der Waals surface area contributed by atoms with Crippen LogP contribution in [-0.4, -0.2) is 32.9 Å². The first-order chi connectivity index (χ1) is 8.84. The van der Waals surface area contributed by atoms with E-state index < -0.39 is 0 Å². The van der Waals surface area contributed by atoms with Crippen molar-refractivity contribution in [2.75, 3.05) is 32.9 Å². The Morgan fingerprint density at radius 2 is 2.39 bits per heavy atom. The lowest BCUT2D eigenvalue weighted by Crippen LogP contribution is -2.31. The molecule has 0 spiro atoms. The lowest BCUT2D eigenvalue weighted by Gasteiger charge is -2.22. The van der Waals surface area contributed by atoms with Crippen molar-refractivity contribution >= 4 is 15.9 Å². The molecule has 4 heteroatoms. The lowest BCUT2D eigenvalue weighted by atomic mass is 10.0. The Kier molecular flexibility index (Phi) is 5.97. The van der Waals surface area contributed by atoms with Crippen LogP contribution in [0.3, 0.4) is 0 Å². The fourth-order valence-electron chi connectivity index (χ4n) is 2.07. The van der Waals surface area contributed by atoms with Gasteiger partial charge in [0, 0.05) is 24.2 Å². The average Bonchev–Trinajstić information content (AvgIpc) is 2.40. The second kappa shape index (κ2) is 7.77. The van der Waals surface area contributed by atoms with E-state index in [9.17, 15) is 0 Å². The number of halogens is 1. The monoisotopic (exact) mass is 313 g/mol. The molecule has 0 aromatic heterocycles. The Hall–Kier alpha value is -0.580. The van der Waals surface area contributed by atoms with Crippen LogP contribution in [0.15, 0.2) is 28.7 Å². The summed E-state index contributed by atoms with van der Waals surface area (Å²) in [5.41, 5.74) is 0. The van der Waals surface area contributed by atoms with Gasteiger partial charge in [0.15, 0.2) is 0 Å². The van der Waals surface area contributed by atoms with Gasteiger partial charge in [-0.3, -0.25) is 0 Å². The maximum atomic E-state index is 5.65. The van der Waals surface area contributed by atoms with Gasteiger partial charge in [0.2, 0.25) is 0 Å². The van der Waals surface area contributed by atoms with Crippen molar-refractivity contribution in [3.63, 3.8) is 0 Å². The second-order valence-corrected chi connectivity index (χ2v) is 5.51. The van der Waals surface area contributed by atoms with Gasteiger partial charge in [-0.1, -0.05) is 22.0 Å². The maximum absolute atomic E-state index is 5.65. The summed E-state index contributed by atoms with van der Waals surface area (Å²) in [5, 5.41) is 3.42. The predicted molar refractivity (Wildman–Crippen MR) is 76.0 cm³/mol. The minimum absolute atomic E-state index is 0.671. The third kappa shape index (κ3) is 4.96. The fraction of sp³-hybridized carbons (Fsp3) is 0.571. The number of hydrogen-bond acceptors (Lipinski definition) is 3. The molecule has 1 saturated heterocycles. The van der Waals surface area contributed by atoms with Crippen molar-refractivity contribution in [3.8, 4) is 5.75 Å². The predicted octanol–water partition coefficient (Wildman–Crippen LogP) is 2.84. The molecule has 1 fully saturated rings. The van der Waals surface area contributed by atoms with Crippen molar-refractivity contribution in [2.24, 2.45) is 5.92 Å². The van der Waals surface area contributed by atoms with Gasteiger partial charge < -0.3 is 14.8 Å². The molecule has 1 aromatic rings. The van der Waals surface area contributed by atoms with E-state index in [-0.39, 0.29) is 0 Å². The van der Waals surface area contributed by atoms with E-state index in [1.165, 1.54) is 12.8 Å². The molecule has 3 nitrogen and oxygen atoms in total. The van der Waals surface area contributed by atoms with E-state index in [4.69, 9.17) is 9.47 Å². The highest BCUT2D eigenvalue weighted by Crippen LogP contribution is 2.17. The minimum Gasteiger partial charge on any atom is -0.492 e. The molecule has 0 saturated carbocycles. The highest BCUT2D eigenvalue weighted by molar-refractivity contribution is 9.10. The van der Waals surface area contributed by atoms with E-state index in [1.807, 2.05) is 24.3 Å². The minimum atomic E-state index is 0.671. The highest BCUT2D eigenvalue weighted by Gasteiger charge is 2.12. The largest absolute Gasteiger partial charge is 0.492 e. The van der Waals surface area contributed by atoms with Crippen LogP contribution < -0.4 is 10.1 Å². The van der Waals surface area contributed by atoms with Gasteiger partial charge in [-0.05, 0) is 37.0 Å². The summed E-state index contributed by atoms with van der Waals surface area (Å²) in [6, 6.07) is 7.93. The molecular formula is C14H20BrNO2. The van der Waals surface area contributed by atoms with Crippen molar-refractivity contribution in [3.05, 3.63) is 28.7 Å². The van der Waals surface area contributed by atoms with Crippen LogP contribution in [0.2, 0.25) is 0 Å². The molecule has 0 bridgehead atoms. The number of ether oxygens (including phenoxy) is 2. The van der Waals surface area contributed by atoms with Crippen molar-refractivity contribution < 1.29 is 9.47 Å². The van der Waals surface area contributed by atoms with Gasteiger partial charge in [-0.2, -0.15) is 0 Å². The zero-order valence-electron chi connectivity index (χ0n) is 10.5. The van der Waals surface area contributed by atoms with Gasteiger partial charge in [0.25, 0.3) is 0 Å². The number of hydrogen-bond donors (Lipinski definition) is 1. The molecule has 18 heavy (non-hydrogen) atoms. The van der Waals surface area contributed by atoms with Gasteiger partial charge in [0.1, 0.15) is 12.4 Å². The number of nitrogens with one attached hydrogen (secondary N) is 1. The molecule has 100 valence electrons. The zero-order chi connectivity index (χ0) is 12.6. The van der Waals surface area contributed by atoms with Crippen molar-refractivity contribution in [1.82, 2.24) is 5.32 Å². The smallest absolute Gasteiger partial charge is 0.120 e. The first-order valence-corrected chi connectivity index (χ1v) is 7.31. The summed E-state index contributed by atoms with van der Waals surface area (Å²) in [6.07, 6.45) is 2.47. The third-order valence-electron chi connectivity index (χ3n) is 3.03. The van der Waals surface area contributed by atoms with E-state index >= 15 is 0 Å². The standard InChI is InChI=1S/C14H20BrNO2/c15-13-4-1-5-14(9-13)18-8-6-16-10-12-3-2-7-17-11-12/h1,4-5,9,12,16H,2-3,6-8,10-11H2. The van der Waals surface area contributed by atoms with Crippen molar-refractivity contribution in [1.29, 1.82) is 0 Å². The molecular weight excluding hydrogens is 294 g/mol. The van der Waals surface area contributed by atoms with Crippen LogP contribution in [0, 0.1) is 5.92 Å². The zero-order valence-corrected chi connectivity index (χ0v) is 12.1. The van der Waals surface area contributed by atoms with Crippen LogP contribution in [-0.2, 0) is 4.74 Å². The second-order valence-electron chi connectivity index (χ2n) is 4.59. The fourth-order valence-corrected chi connectivity index (χ4v) is 2.45. The van der Waals surface area contributed by atoms with Crippen LogP contribution in [0.5, 0.6) is 5.75 Å². The first kappa shape index (κ1) is 13.8. The molecule has 1 aliphatic rings. The Balaban J connectivity index is 1.55. The Morgan fingerprint density at radius 1 is 1.44 bits per heavy atom. The molecule has 1 aliphatic heterocycles. The molecule has 1 atom stereocenters. The molecule has 0 amide bonds. The Morgan fingerprint density at radius 3 is 3.17 bits per heavy atom. The Labute approximate surface area is 117 Å². The van der Waals surface area contributed by atoms with E-state index in [2.05, 4.69) is 21.2 Å². The summed E-state index contributed by atoms with van der Waals surface area (Å²) < 4.78 is 12.1. The highest BCUT2D eigenvalue weighted by atomic mass is 79.9. The van der Waals surface area contributed by atoms with Gasteiger partial charge >= 0.3 is 0 Å². The van der Waals surface area contributed by atoms with E-state index in [0.29, 0.717) is 12.5 Å².